The monoisotopic (exact) mass is 258 g/mol. The van der Waals surface area contributed by atoms with Crippen LogP contribution in [0.25, 0.3) is 0 Å². The van der Waals surface area contributed by atoms with Crippen molar-refractivity contribution in [2.45, 2.75) is 25.9 Å². The number of carbonyl (C=O) groups excluding carboxylic acids is 2. The molecule has 0 bridgehead atoms. The van der Waals surface area contributed by atoms with Crippen molar-refractivity contribution in [3.05, 3.63) is 0 Å². The molecule has 0 radical (unpaired) electrons. The predicted octanol–water partition coefficient (Wildman–Crippen LogP) is -0.223. The highest BCUT2D eigenvalue weighted by Gasteiger charge is 2.17. The maximum absolute atomic E-state index is 11.7. The van der Waals surface area contributed by atoms with Gasteiger partial charge in [0, 0.05) is 13.2 Å². The topological polar surface area (TPSA) is 67.9 Å². The highest BCUT2D eigenvalue weighted by molar-refractivity contribution is 5.79. The Morgan fingerprint density at radius 2 is 2.22 bits per heavy atom. The molecule has 0 spiro atoms. The molecule has 0 aliphatic carbocycles. The average Bonchev–Trinajstić information content (AvgIpc) is 2.88. The van der Waals surface area contributed by atoms with Crippen molar-refractivity contribution in [3.8, 4) is 0 Å². The lowest BCUT2D eigenvalue weighted by molar-refractivity contribution is -0.142. The first kappa shape index (κ1) is 14.9. The fourth-order valence-corrected chi connectivity index (χ4v) is 1.82. The number of hydrogen-bond donors (Lipinski definition) is 1. The highest BCUT2D eigenvalue weighted by Crippen LogP contribution is 2.10. The summed E-state index contributed by atoms with van der Waals surface area (Å²) >= 11 is 0. The standard InChI is InChI=1S/C12H22N2O4/c1-3-14(9-12(16)17-2)8-11(15)13-7-10-5-4-6-18-10/h10H,3-9H2,1-2H3,(H,13,15). The molecule has 0 saturated carbocycles. The van der Waals surface area contributed by atoms with Gasteiger partial charge in [-0.25, -0.2) is 0 Å². The van der Waals surface area contributed by atoms with E-state index in [-0.39, 0.29) is 31.1 Å². The summed E-state index contributed by atoms with van der Waals surface area (Å²) < 4.78 is 9.99. The van der Waals surface area contributed by atoms with E-state index in [1.165, 1.54) is 7.11 Å². The molecule has 1 rings (SSSR count). The zero-order chi connectivity index (χ0) is 13.4. The highest BCUT2D eigenvalue weighted by atomic mass is 16.5. The molecule has 18 heavy (non-hydrogen) atoms. The first-order chi connectivity index (χ1) is 8.65. The third kappa shape index (κ3) is 5.46. The number of nitrogens with one attached hydrogen (secondary N) is 1. The molecule has 1 atom stereocenters. The molecule has 1 amide bonds. The van der Waals surface area contributed by atoms with Crippen LogP contribution >= 0.6 is 0 Å². The van der Waals surface area contributed by atoms with Crippen LogP contribution in [-0.2, 0) is 19.1 Å². The summed E-state index contributed by atoms with van der Waals surface area (Å²) in [6, 6.07) is 0. The number of rotatable bonds is 7. The van der Waals surface area contributed by atoms with Crippen LogP contribution in [0.2, 0.25) is 0 Å². The lowest BCUT2D eigenvalue weighted by atomic mass is 10.2. The van der Waals surface area contributed by atoms with Gasteiger partial charge in [0.2, 0.25) is 5.91 Å². The largest absolute Gasteiger partial charge is 0.468 e. The van der Waals surface area contributed by atoms with Crippen molar-refractivity contribution in [2.75, 3.05) is 39.9 Å². The second kappa shape index (κ2) is 8.05. The summed E-state index contributed by atoms with van der Waals surface area (Å²) in [5.41, 5.74) is 0. The van der Waals surface area contributed by atoms with Gasteiger partial charge in [-0.3, -0.25) is 14.5 Å². The molecular formula is C12H22N2O4. The van der Waals surface area contributed by atoms with E-state index >= 15 is 0 Å². The van der Waals surface area contributed by atoms with E-state index < -0.39 is 0 Å². The molecule has 1 saturated heterocycles. The Hall–Kier alpha value is -1.14. The van der Waals surface area contributed by atoms with Crippen LogP contribution in [0.1, 0.15) is 19.8 Å². The second-order valence-electron chi connectivity index (χ2n) is 4.32. The molecule has 1 fully saturated rings. The molecule has 0 aromatic carbocycles. The molecule has 1 aliphatic rings. The third-order valence-corrected chi connectivity index (χ3v) is 2.95. The minimum Gasteiger partial charge on any atom is -0.468 e. The quantitative estimate of drug-likeness (QED) is 0.639. The SMILES string of the molecule is CCN(CC(=O)NCC1CCCO1)CC(=O)OC. The van der Waals surface area contributed by atoms with E-state index in [0.717, 1.165) is 19.4 Å². The van der Waals surface area contributed by atoms with Gasteiger partial charge in [-0.05, 0) is 19.4 Å². The Kier molecular flexibility index (Phi) is 6.67. The molecular weight excluding hydrogens is 236 g/mol. The molecule has 0 aromatic rings. The number of likely N-dealkylation sites (N-methyl/N-ethyl adjacent to an activating group) is 1. The van der Waals surface area contributed by atoms with Gasteiger partial charge < -0.3 is 14.8 Å². The normalized spacial score (nSPS) is 18.9. The number of amides is 1. The summed E-state index contributed by atoms with van der Waals surface area (Å²) in [6.07, 6.45) is 2.20. The van der Waals surface area contributed by atoms with Crippen LogP contribution in [0.5, 0.6) is 0 Å². The van der Waals surface area contributed by atoms with Crippen LogP contribution in [0, 0.1) is 0 Å². The zero-order valence-electron chi connectivity index (χ0n) is 11.1. The first-order valence-corrected chi connectivity index (χ1v) is 6.33. The smallest absolute Gasteiger partial charge is 0.319 e. The van der Waals surface area contributed by atoms with Crippen LogP contribution in [0.3, 0.4) is 0 Å². The Balaban J connectivity index is 2.21. The number of hydrogen-bond acceptors (Lipinski definition) is 5. The van der Waals surface area contributed by atoms with Crippen molar-refractivity contribution in [3.63, 3.8) is 0 Å². The van der Waals surface area contributed by atoms with Crippen molar-refractivity contribution in [2.24, 2.45) is 0 Å². The second-order valence-corrected chi connectivity index (χ2v) is 4.32. The molecule has 0 aromatic heterocycles. The van der Waals surface area contributed by atoms with E-state index in [4.69, 9.17) is 4.74 Å². The fraction of sp³-hybridized carbons (Fsp3) is 0.833. The zero-order valence-corrected chi connectivity index (χ0v) is 11.1. The first-order valence-electron chi connectivity index (χ1n) is 6.33. The number of nitrogens with zero attached hydrogens (tertiary/aromatic N) is 1. The summed E-state index contributed by atoms with van der Waals surface area (Å²) in [5, 5.41) is 2.82. The van der Waals surface area contributed by atoms with E-state index in [1.807, 2.05) is 6.92 Å². The minimum absolute atomic E-state index is 0.0868. The van der Waals surface area contributed by atoms with Gasteiger partial charge in [0.25, 0.3) is 0 Å². The molecule has 1 aliphatic heterocycles. The lowest BCUT2D eigenvalue weighted by Crippen LogP contribution is -2.42. The van der Waals surface area contributed by atoms with E-state index in [1.54, 1.807) is 4.90 Å². The van der Waals surface area contributed by atoms with Gasteiger partial charge in [0.15, 0.2) is 0 Å². The number of ether oxygens (including phenoxy) is 2. The maximum atomic E-state index is 11.7. The Morgan fingerprint density at radius 3 is 2.78 bits per heavy atom. The molecule has 1 unspecified atom stereocenters. The summed E-state index contributed by atoms with van der Waals surface area (Å²) in [7, 11) is 1.34. The molecule has 1 N–H and O–H groups in total. The van der Waals surface area contributed by atoms with Gasteiger partial charge in [-0.15, -0.1) is 0 Å². The van der Waals surface area contributed by atoms with Crippen molar-refractivity contribution in [1.82, 2.24) is 10.2 Å². The predicted molar refractivity (Wildman–Crippen MR) is 66.1 cm³/mol. The Morgan fingerprint density at radius 1 is 1.44 bits per heavy atom. The van der Waals surface area contributed by atoms with Crippen LogP contribution in [0.15, 0.2) is 0 Å². The van der Waals surface area contributed by atoms with E-state index in [9.17, 15) is 9.59 Å². The van der Waals surface area contributed by atoms with Crippen molar-refractivity contribution < 1.29 is 19.1 Å². The number of methoxy groups -OCH3 is 1. The summed E-state index contributed by atoms with van der Waals surface area (Å²) in [4.78, 5) is 24.5. The van der Waals surface area contributed by atoms with Gasteiger partial charge in [-0.2, -0.15) is 0 Å². The van der Waals surface area contributed by atoms with E-state index in [2.05, 4.69) is 10.1 Å². The lowest BCUT2D eigenvalue weighted by Gasteiger charge is -2.19. The summed E-state index contributed by atoms with van der Waals surface area (Å²) in [5.74, 6) is -0.417. The molecule has 6 nitrogen and oxygen atoms in total. The van der Waals surface area contributed by atoms with E-state index in [0.29, 0.717) is 13.1 Å². The number of carbonyl (C=O) groups is 2. The Labute approximate surface area is 108 Å². The van der Waals surface area contributed by atoms with Gasteiger partial charge in [-0.1, -0.05) is 6.92 Å². The molecule has 6 heteroatoms. The fourth-order valence-electron chi connectivity index (χ4n) is 1.82. The van der Waals surface area contributed by atoms with Gasteiger partial charge >= 0.3 is 5.97 Å². The van der Waals surface area contributed by atoms with Crippen LogP contribution in [0.4, 0.5) is 0 Å². The minimum atomic E-state index is -0.330. The van der Waals surface area contributed by atoms with Crippen LogP contribution in [-0.4, -0.2) is 62.8 Å². The summed E-state index contributed by atoms with van der Waals surface area (Å²) in [6.45, 7) is 4.20. The Bertz CT molecular complexity index is 277. The van der Waals surface area contributed by atoms with Gasteiger partial charge in [0.05, 0.1) is 26.3 Å². The van der Waals surface area contributed by atoms with Gasteiger partial charge in [0.1, 0.15) is 0 Å². The average molecular weight is 258 g/mol. The number of esters is 1. The maximum Gasteiger partial charge on any atom is 0.319 e. The molecule has 104 valence electrons. The van der Waals surface area contributed by atoms with Crippen LogP contribution < -0.4 is 5.32 Å². The molecule has 1 heterocycles. The van der Waals surface area contributed by atoms with Crippen molar-refractivity contribution >= 4 is 11.9 Å². The van der Waals surface area contributed by atoms with Crippen molar-refractivity contribution in [1.29, 1.82) is 0 Å². The third-order valence-electron chi connectivity index (χ3n) is 2.95.